The van der Waals surface area contributed by atoms with Gasteiger partial charge in [-0.05, 0) is 29.8 Å². The molecule has 2 N–H and O–H groups in total. The maximum absolute atomic E-state index is 13.5. The molecule has 1 unspecified atom stereocenters. The predicted molar refractivity (Wildman–Crippen MR) is 108 cm³/mol. The molecule has 1 aliphatic rings. The Morgan fingerprint density at radius 1 is 1.26 bits per heavy atom. The van der Waals surface area contributed by atoms with Gasteiger partial charge < -0.3 is 15.0 Å². The smallest absolute Gasteiger partial charge is 0.411 e. The van der Waals surface area contributed by atoms with Gasteiger partial charge >= 0.3 is 11.8 Å². The van der Waals surface area contributed by atoms with Crippen molar-refractivity contribution in [3.63, 3.8) is 0 Å². The van der Waals surface area contributed by atoms with Crippen LogP contribution in [0.25, 0.3) is 0 Å². The van der Waals surface area contributed by atoms with Gasteiger partial charge in [-0.15, -0.1) is 0 Å². The van der Waals surface area contributed by atoms with Gasteiger partial charge in [-0.1, -0.05) is 12.1 Å². The molecular weight excluding hydrogens is 411 g/mol. The van der Waals surface area contributed by atoms with E-state index in [4.69, 9.17) is 0 Å². The molecule has 0 spiro atoms. The highest BCUT2D eigenvalue weighted by Crippen LogP contribution is 2.29. The zero-order chi connectivity index (χ0) is 22.5. The number of nitro benzene ring substituents is 1. The van der Waals surface area contributed by atoms with Crippen LogP contribution in [-0.2, 0) is 20.9 Å². The molecule has 0 aliphatic carbocycles. The summed E-state index contributed by atoms with van der Waals surface area (Å²) in [7, 11) is 1.26. The summed E-state index contributed by atoms with van der Waals surface area (Å²) in [6.45, 7) is 0.249. The molecule has 162 valence electrons. The first-order chi connectivity index (χ1) is 14.8. The number of nitro groups is 1. The van der Waals surface area contributed by atoms with Crippen molar-refractivity contribution >= 4 is 35.0 Å². The molecule has 0 radical (unpaired) electrons. The van der Waals surface area contributed by atoms with Crippen LogP contribution in [0.1, 0.15) is 12.0 Å². The van der Waals surface area contributed by atoms with Crippen LogP contribution in [0.2, 0.25) is 0 Å². The van der Waals surface area contributed by atoms with Crippen LogP contribution in [-0.4, -0.2) is 36.5 Å². The summed E-state index contributed by atoms with van der Waals surface area (Å²) >= 11 is 0. The minimum Gasteiger partial charge on any atom is -0.453 e. The fourth-order valence-corrected chi connectivity index (χ4v) is 3.15. The quantitative estimate of drug-likeness (QED) is 0.535. The van der Waals surface area contributed by atoms with E-state index in [0.29, 0.717) is 5.69 Å². The average molecular weight is 430 g/mol. The zero-order valence-corrected chi connectivity index (χ0v) is 16.5. The first-order valence-electron chi connectivity index (χ1n) is 9.24. The van der Waals surface area contributed by atoms with Gasteiger partial charge in [0, 0.05) is 31.3 Å². The summed E-state index contributed by atoms with van der Waals surface area (Å²) in [6.07, 6.45) is -0.651. The Balaban J connectivity index is 1.59. The Labute approximate surface area is 176 Å². The van der Waals surface area contributed by atoms with E-state index in [1.165, 1.54) is 18.1 Å². The van der Waals surface area contributed by atoms with Crippen molar-refractivity contribution in [3.8, 4) is 0 Å². The van der Waals surface area contributed by atoms with Crippen LogP contribution >= 0.6 is 0 Å². The maximum atomic E-state index is 13.5. The highest BCUT2D eigenvalue weighted by atomic mass is 19.1. The van der Waals surface area contributed by atoms with E-state index in [1.807, 2.05) is 0 Å². The van der Waals surface area contributed by atoms with Crippen LogP contribution in [0.5, 0.6) is 0 Å². The molecule has 0 aromatic heterocycles. The van der Waals surface area contributed by atoms with Gasteiger partial charge in [0.25, 0.3) is 0 Å². The monoisotopic (exact) mass is 430 g/mol. The third-order valence-corrected chi connectivity index (χ3v) is 4.79. The molecule has 31 heavy (non-hydrogen) atoms. The lowest BCUT2D eigenvalue weighted by atomic mass is 10.1. The molecule has 0 saturated carbocycles. The molecular formula is C20H19FN4O6. The van der Waals surface area contributed by atoms with Crippen molar-refractivity contribution in [1.29, 1.82) is 0 Å². The van der Waals surface area contributed by atoms with E-state index in [0.717, 1.165) is 17.7 Å². The fourth-order valence-electron chi connectivity index (χ4n) is 3.15. The van der Waals surface area contributed by atoms with Gasteiger partial charge in [0.15, 0.2) is 0 Å². The normalized spacial score (nSPS) is 15.5. The zero-order valence-electron chi connectivity index (χ0n) is 16.5. The molecule has 3 rings (SSSR count). The summed E-state index contributed by atoms with van der Waals surface area (Å²) in [5, 5.41) is 16.2. The number of nitrogens with one attached hydrogen (secondary N) is 2. The molecule has 2 aromatic carbocycles. The molecule has 10 nitrogen and oxygen atoms in total. The van der Waals surface area contributed by atoms with Crippen molar-refractivity contribution in [1.82, 2.24) is 5.32 Å². The molecule has 2 aromatic rings. The second-order valence-electron chi connectivity index (χ2n) is 6.83. The minimum atomic E-state index is -0.998. The molecule has 1 aliphatic heterocycles. The molecule has 11 heteroatoms. The number of halogens is 1. The van der Waals surface area contributed by atoms with E-state index >= 15 is 0 Å². The van der Waals surface area contributed by atoms with E-state index in [1.54, 1.807) is 24.3 Å². The molecule has 3 amide bonds. The lowest BCUT2D eigenvalue weighted by molar-refractivity contribution is -0.387. The summed E-state index contributed by atoms with van der Waals surface area (Å²) in [4.78, 5) is 47.3. The number of carbonyl (C=O) groups excluding carboxylic acids is 3. The van der Waals surface area contributed by atoms with E-state index in [9.17, 15) is 28.9 Å². The van der Waals surface area contributed by atoms with Crippen LogP contribution in [0.3, 0.4) is 0 Å². The molecule has 1 atom stereocenters. The third kappa shape index (κ3) is 5.13. The van der Waals surface area contributed by atoms with Crippen molar-refractivity contribution in [2.75, 3.05) is 23.9 Å². The van der Waals surface area contributed by atoms with Gasteiger partial charge in [-0.3, -0.25) is 25.0 Å². The van der Waals surface area contributed by atoms with E-state index in [-0.39, 0.29) is 37.0 Å². The second kappa shape index (κ2) is 9.20. The lowest BCUT2D eigenvalue weighted by Gasteiger charge is -2.16. The standard InChI is InChI=1S/C20H19FN4O6/c1-31-20(28)23-14-4-2-12(3-5-14)10-22-19(27)13-8-18(26)24(11-13)15-6-7-16(21)17(9-15)25(29)30/h2-7,9,13H,8,10-11H2,1H3,(H,22,27)(H,23,28). The SMILES string of the molecule is COC(=O)Nc1ccc(CNC(=O)C2CC(=O)N(c3ccc(F)c([N+](=O)[O-])c3)C2)cc1. The van der Waals surface area contributed by atoms with Gasteiger partial charge in [0.2, 0.25) is 17.6 Å². The summed E-state index contributed by atoms with van der Waals surface area (Å²) in [5.74, 6) is -2.36. The Bertz CT molecular complexity index is 1030. The van der Waals surface area contributed by atoms with Crippen LogP contribution in [0.15, 0.2) is 42.5 Å². The van der Waals surface area contributed by atoms with Crippen LogP contribution in [0.4, 0.5) is 26.2 Å². The second-order valence-corrected chi connectivity index (χ2v) is 6.83. The Kier molecular flexibility index (Phi) is 6.43. The number of hydrogen-bond acceptors (Lipinski definition) is 6. The highest BCUT2D eigenvalue weighted by Gasteiger charge is 2.35. The van der Waals surface area contributed by atoms with Crippen molar-refractivity contribution in [3.05, 3.63) is 64.0 Å². The van der Waals surface area contributed by atoms with Gasteiger partial charge in [-0.2, -0.15) is 4.39 Å². The number of hydrogen-bond donors (Lipinski definition) is 2. The topological polar surface area (TPSA) is 131 Å². The maximum Gasteiger partial charge on any atom is 0.411 e. The summed E-state index contributed by atoms with van der Waals surface area (Å²) in [5.41, 5.74) is 0.747. The van der Waals surface area contributed by atoms with Crippen LogP contribution in [0, 0.1) is 21.8 Å². The van der Waals surface area contributed by atoms with Crippen molar-refractivity contribution < 1.29 is 28.4 Å². The third-order valence-electron chi connectivity index (χ3n) is 4.79. The molecule has 1 fully saturated rings. The van der Waals surface area contributed by atoms with Gasteiger partial charge in [0.1, 0.15) is 0 Å². The van der Waals surface area contributed by atoms with Gasteiger partial charge in [-0.25, -0.2) is 4.79 Å². The minimum absolute atomic E-state index is 0.0371. The summed E-state index contributed by atoms with van der Waals surface area (Å²) < 4.78 is 18.0. The molecule has 1 saturated heterocycles. The Morgan fingerprint density at radius 2 is 1.97 bits per heavy atom. The van der Waals surface area contributed by atoms with Crippen molar-refractivity contribution in [2.24, 2.45) is 5.92 Å². The van der Waals surface area contributed by atoms with Crippen LogP contribution < -0.4 is 15.5 Å². The highest BCUT2D eigenvalue weighted by molar-refractivity contribution is 6.00. The number of amides is 3. The molecule has 0 bridgehead atoms. The lowest BCUT2D eigenvalue weighted by Crippen LogP contribution is -2.32. The Morgan fingerprint density at radius 3 is 2.61 bits per heavy atom. The first-order valence-corrected chi connectivity index (χ1v) is 9.24. The van der Waals surface area contributed by atoms with E-state index in [2.05, 4.69) is 15.4 Å². The average Bonchev–Trinajstić information content (AvgIpc) is 3.14. The number of nitrogens with zero attached hydrogens (tertiary/aromatic N) is 2. The number of benzene rings is 2. The number of carbonyl (C=O) groups is 3. The first kappa shape index (κ1) is 21.7. The van der Waals surface area contributed by atoms with Crippen molar-refractivity contribution in [2.45, 2.75) is 13.0 Å². The van der Waals surface area contributed by atoms with E-state index < -0.39 is 28.4 Å². The number of anilines is 2. The number of rotatable bonds is 6. The largest absolute Gasteiger partial charge is 0.453 e. The number of methoxy groups -OCH3 is 1. The fraction of sp³-hybridized carbons (Fsp3) is 0.250. The van der Waals surface area contributed by atoms with Gasteiger partial charge in [0.05, 0.1) is 23.6 Å². The number of ether oxygens (including phenoxy) is 1. The molecule has 1 heterocycles. The predicted octanol–water partition coefficient (Wildman–Crippen LogP) is 2.58. The Hall–Kier alpha value is -4.02. The summed E-state index contributed by atoms with van der Waals surface area (Å²) in [6, 6.07) is 9.92.